The first-order chi connectivity index (χ1) is 8.70. The third kappa shape index (κ3) is 3.28. The average Bonchev–Trinajstić information content (AvgIpc) is 3.00. The molecule has 0 saturated heterocycles. The first-order valence-corrected chi connectivity index (χ1v) is 7.70. The number of hydrogen-bond donors (Lipinski definition) is 1. The molecule has 2 aromatic rings. The molecule has 0 fully saturated rings. The SMILES string of the molecule is CCNc1nnc(CN(C)C(C)c2cccs2)s1. The summed E-state index contributed by atoms with van der Waals surface area (Å²) in [5.41, 5.74) is 0. The van der Waals surface area contributed by atoms with Crippen LogP contribution in [0.5, 0.6) is 0 Å². The Morgan fingerprint density at radius 1 is 1.44 bits per heavy atom. The monoisotopic (exact) mass is 282 g/mol. The van der Waals surface area contributed by atoms with E-state index in [-0.39, 0.29) is 0 Å². The molecule has 4 nitrogen and oxygen atoms in total. The van der Waals surface area contributed by atoms with Crippen molar-refractivity contribution < 1.29 is 0 Å². The van der Waals surface area contributed by atoms with E-state index in [2.05, 4.69) is 58.8 Å². The van der Waals surface area contributed by atoms with E-state index in [4.69, 9.17) is 0 Å². The van der Waals surface area contributed by atoms with Crippen molar-refractivity contribution in [3.8, 4) is 0 Å². The molecule has 6 heteroatoms. The minimum Gasteiger partial charge on any atom is -0.360 e. The Morgan fingerprint density at radius 3 is 2.94 bits per heavy atom. The molecule has 0 aliphatic heterocycles. The lowest BCUT2D eigenvalue weighted by Gasteiger charge is -2.22. The van der Waals surface area contributed by atoms with Crippen molar-refractivity contribution in [3.05, 3.63) is 27.4 Å². The predicted molar refractivity (Wildman–Crippen MR) is 78.3 cm³/mol. The van der Waals surface area contributed by atoms with Crippen molar-refractivity contribution in [2.24, 2.45) is 0 Å². The van der Waals surface area contributed by atoms with Crippen LogP contribution in [-0.4, -0.2) is 28.7 Å². The van der Waals surface area contributed by atoms with Gasteiger partial charge < -0.3 is 5.32 Å². The summed E-state index contributed by atoms with van der Waals surface area (Å²) in [6.07, 6.45) is 0. The zero-order chi connectivity index (χ0) is 13.0. The van der Waals surface area contributed by atoms with Crippen molar-refractivity contribution in [2.75, 3.05) is 18.9 Å². The highest BCUT2D eigenvalue weighted by atomic mass is 32.1. The fourth-order valence-corrected chi connectivity index (χ4v) is 3.36. The molecular formula is C12H18N4S2. The molecule has 2 aromatic heterocycles. The Morgan fingerprint density at radius 2 is 2.28 bits per heavy atom. The van der Waals surface area contributed by atoms with Crippen LogP contribution in [-0.2, 0) is 6.54 Å². The molecule has 0 aliphatic rings. The van der Waals surface area contributed by atoms with Crippen LogP contribution in [0.15, 0.2) is 17.5 Å². The van der Waals surface area contributed by atoms with E-state index in [1.165, 1.54) is 4.88 Å². The zero-order valence-electron chi connectivity index (χ0n) is 10.9. The van der Waals surface area contributed by atoms with Crippen LogP contribution >= 0.6 is 22.7 Å². The van der Waals surface area contributed by atoms with Gasteiger partial charge in [0.2, 0.25) is 5.13 Å². The van der Waals surface area contributed by atoms with Crippen molar-refractivity contribution in [1.82, 2.24) is 15.1 Å². The highest BCUT2D eigenvalue weighted by Gasteiger charge is 2.14. The third-order valence-corrected chi connectivity index (χ3v) is 4.70. The van der Waals surface area contributed by atoms with Gasteiger partial charge in [0.05, 0.1) is 6.54 Å². The van der Waals surface area contributed by atoms with Gasteiger partial charge >= 0.3 is 0 Å². The lowest BCUT2D eigenvalue weighted by atomic mass is 10.2. The Hall–Kier alpha value is -0.980. The van der Waals surface area contributed by atoms with Crippen LogP contribution in [0.1, 0.15) is 29.8 Å². The summed E-state index contributed by atoms with van der Waals surface area (Å²) in [4.78, 5) is 3.68. The van der Waals surface area contributed by atoms with Crippen LogP contribution in [0.25, 0.3) is 0 Å². The summed E-state index contributed by atoms with van der Waals surface area (Å²) >= 11 is 3.43. The molecule has 1 unspecified atom stereocenters. The molecule has 0 bridgehead atoms. The molecule has 0 aromatic carbocycles. The van der Waals surface area contributed by atoms with Gasteiger partial charge in [0.25, 0.3) is 0 Å². The molecule has 0 saturated carbocycles. The number of thiophene rings is 1. The van der Waals surface area contributed by atoms with Gasteiger partial charge in [0, 0.05) is 17.5 Å². The van der Waals surface area contributed by atoms with E-state index in [9.17, 15) is 0 Å². The Balaban J connectivity index is 1.95. The van der Waals surface area contributed by atoms with Crippen LogP contribution in [0.4, 0.5) is 5.13 Å². The average molecular weight is 282 g/mol. The molecule has 0 amide bonds. The summed E-state index contributed by atoms with van der Waals surface area (Å²) in [5, 5.41) is 15.6. The van der Waals surface area contributed by atoms with Gasteiger partial charge in [-0.3, -0.25) is 4.90 Å². The Kier molecular flexibility index (Phi) is 4.68. The second-order valence-electron chi connectivity index (χ2n) is 4.14. The smallest absolute Gasteiger partial charge is 0.205 e. The number of rotatable bonds is 6. The molecule has 0 aliphatic carbocycles. The third-order valence-electron chi connectivity index (χ3n) is 2.80. The van der Waals surface area contributed by atoms with E-state index in [1.807, 2.05) is 0 Å². The zero-order valence-corrected chi connectivity index (χ0v) is 12.5. The Labute approximate surface area is 116 Å². The van der Waals surface area contributed by atoms with Crippen LogP contribution in [0, 0.1) is 0 Å². The van der Waals surface area contributed by atoms with E-state index < -0.39 is 0 Å². The fraction of sp³-hybridized carbons (Fsp3) is 0.500. The summed E-state index contributed by atoms with van der Waals surface area (Å²) in [5.74, 6) is 0. The maximum Gasteiger partial charge on any atom is 0.205 e. The van der Waals surface area contributed by atoms with Gasteiger partial charge in [-0.15, -0.1) is 21.5 Å². The van der Waals surface area contributed by atoms with Crippen molar-refractivity contribution in [2.45, 2.75) is 26.4 Å². The molecule has 0 radical (unpaired) electrons. The lowest BCUT2D eigenvalue weighted by Crippen LogP contribution is -2.21. The quantitative estimate of drug-likeness (QED) is 0.883. The summed E-state index contributed by atoms with van der Waals surface area (Å²) < 4.78 is 0. The second kappa shape index (κ2) is 6.26. The van der Waals surface area contributed by atoms with E-state index >= 15 is 0 Å². The van der Waals surface area contributed by atoms with Crippen LogP contribution in [0.3, 0.4) is 0 Å². The first-order valence-electron chi connectivity index (χ1n) is 6.00. The van der Waals surface area contributed by atoms with Gasteiger partial charge in [0.1, 0.15) is 5.01 Å². The number of anilines is 1. The molecule has 2 rings (SSSR count). The molecular weight excluding hydrogens is 264 g/mol. The van der Waals surface area contributed by atoms with Gasteiger partial charge in [-0.05, 0) is 32.3 Å². The van der Waals surface area contributed by atoms with E-state index in [0.717, 1.165) is 23.2 Å². The minimum atomic E-state index is 0.413. The normalized spacial score (nSPS) is 12.9. The topological polar surface area (TPSA) is 41.1 Å². The molecule has 1 N–H and O–H groups in total. The second-order valence-corrected chi connectivity index (χ2v) is 6.18. The summed E-state index contributed by atoms with van der Waals surface area (Å²) in [6.45, 7) is 6.00. The van der Waals surface area contributed by atoms with Crippen LogP contribution < -0.4 is 5.32 Å². The van der Waals surface area contributed by atoms with Gasteiger partial charge in [-0.1, -0.05) is 17.4 Å². The maximum absolute atomic E-state index is 4.21. The van der Waals surface area contributed by atoms with Gasteiger partial charge in [-0.2, -0.15) is 0 Å². The molecule has 2 heterocycles. The van der Waals surface area contributed by atoms with E-state index in [0.29, 0.717) is 6.04 Å². The number of nitrogens with one attached hydrogen (secondary N) is 1. The van der Waals surface area contributed by atoms with Crippen molar-refractivity contribution >= 4 is 27.8 Å². The predicted octanol–water partition coefficient (Wildman–Crippen LogP) is 3.22. The number of hydrogen-bond acceptors (Lipinski definition) is 6. The van der Waals surface area contributed by atoms with Gasteiger partial charge in [0.15, 0.2) is 0 Å². The fourth-order valence-electron chi connectivity index (χ4n) is 1.64. The maximum atomic E-state index is 4.21. The van der Waals surface area contributed by atoms with E-state index in [1.54, 1.807) is 22.7 Å². The number of aromatic nitrogens is 2. The van der Waals surface area contributed by atoms with Crippen molar-refractivity contribution in [1.29, 1.82) is 0 Å². The number of nitrogens with zero attached hydrogens (tertiary/aromatic N) is 3. The molecule has 98 valence electrons. The standard InChI is InChI=1S/C12H18N4S2/c1-4-13-12-15-14-11(18-12)8-16(3)9(2)10-6-5-7-17-10/h5-7,9H,4,8H2,1-3H3,(H,13,15). The Bertz CT molecular complexity index is 466. The molecule has 1 atom stereocenters. The lowest BCUT2D eigenvalue weighted by molar-refractivity contribution is 0.255. The van der Waals surface area contributed by atoms with Crippen LogP contribution in [0.2, 0.25) is 0 Å². The highest BCUT2D eigenvalue weighted by Crippen LogP contribution is 2.25. The molecule has 0 spiro atoms. The summed E-state index contributed by atoms with van der Waals surface area (Å²) in [6, 6.07) is 4.69. The van der Waals surface area contributed by atoms with Gasteiger partial charge in [-0.25, -0.2) is 0 Å². The minimum absolute atomic E-state index is 0.413. The van der Waals surface area contributed by atoms with Crippen molar-refractivity contribution in [3.63, 3.8) is 0 Å². The molecule has 18 heavy (non-hydrogen) atoms. The largest absolute Gasteiger partial charge is 0.360 e. The summed E-state index contributed by atoms with van der Waals surface area (Å²) in [7, 11) is 2.12. The highest BCUT2D eigenvalue weighted by molar-refractivity contribution is 7.15. The first kappa shape index (κ1) is 13.5.